The van der Waals surface area contributed by atoms with Crippen LogP contribution in [0.15, 0.2) is 65.9 Å². The van der Waals surface area contributed by atoms with Crippen LogP contribution < -0.4 is 5.43 Å². The molecule has 0 amide bonds. The Balaban J connectivity index is 1.87. The van der Waals surface area contributed by atoms with Crippen molar-refractivity contribution in [3.63, 3.8) is 0 Å². The summed E-state index contributed by atoms with van der Waals surface area (Å²) in [5, 5.41) is 13.4. The highest BCUT2D eigenvalue weighted by molar-refractivity contribution is 6.30. The number of hydrazone groups is 1. The molecule has 0 aliphatic heterocycles. The number of nitrogens with one attached hydrogen (secondary N) is 1. The zero-order chi connectivity index (χ0) is 17.5. The predicted molar refractivity (Wildman–Crippen MR) is 102 cm³/mol. The molecular formula is C19H18ClN5. The van der Waals surface area contributed by atoms with Crippen LogP contribution in [-0.4, -0.2) is 20.9 Å². The van der Waals surface area contributed by atoms with E-state index < -0.39 is 0 Å². The third kappa shape index (κ3) is 4.61. The van der Waals surface area contributed by atoms with Crippen LogP contribution in [0.1, 0.15) is 25.5 Å². The van der Waals surface area contributed by atoms with Crippen LogP contribution in [0.5, 0.6) is 0 Å². The lowest BCUT2D eigenvalue weighted by atomic mass is 10.1. The summed E-state index contributed by atoms with van der Waals surface area (Å²) in [5.74, 6) is 0.591. The van der Waals surface area contributed by atoms with Crippen molar-refractivity contribution in [2.75, 3.05) is 5.43 Å². The summed E-state index contributed by atoms with van der Waals surface area (Å²) in [5.41, 5.74) is 6.41. The van der Waals surface area contributed by atoms with Crippen molar-refractivity contribution in [3.8, 4) is 11.4 Å². The summed E-state index contributed by atoms with van der Waals surface area (Å²) in [4.78, 5) is 4.62. The monoisotopic (exact) mass is 351 g/mol. The van der Waals surface area contributed by atoms with Crippen molar-refractivity contribution in [1.29, 1.82) is 0 Å². The number of benzene rings is 2. The average Bonchev–Trinajstić information content (AvgIpc) is 2.67. The number of rotatable bonds is 6. The van der Waals surface area contributed by atoms with Gasteiger partial charge in [-0.2, -0.15) is 10.2 Å². The SMILES string of the molecule is CCC/C(=N\Nc1ccc(Cl)cc1)c1cnnc(-c2ccccc2)n1. The minimum absolute atomic E-state index is 0.591. The van der Waals surface area contributed by atoms with Gasteiger partial charge in [0.15, 0.2) is 5.82 Å². The maximum Gasteiger partial charge on any atom is 0.182 e. The average molecular weight is 352 g/mol. The summed E-state index contributed by atoms with van der Waals surface area (Å²) in [6.07, 6.45) is 3.38. The lowest BCUT2D eigenvalue weighted by Gasteiger charge is -2.07. The van der Waals surface area contributed by atoms with Gasteiger partial charge in [-0.3, -0.25) is 5.43 Å². The molecule has 0 fully saturated rings. The van der Waals surface area contributed by atoms with Gasteiger partial charge in [0, 0.05) is 10.6 Å². The first-order valence-corrected chi connectivity index (χ1v) is 8.47. The van der Waals surface area contributed by atoms with Crippen molar-refractivity contribution in [2.45, 2.75) is 19.8 Å². The Morgan fingerprint density at radius 1 is 1.08 bits per heavy atom. The van der Waals surface area contributed by atoms with Crippen molar-refractivity contribution in [3.05, 3.63) is 71.5 Å². The van der Waals surface area contributed by atoms with E-state index in [9.17, 15) is 0 Å². The number of hydrogen-bond donors (Lipinski definition) is 1. The van der Waals surface area contributed by atoms with E-state index in [2.05, 4.69) is 32.6 Å². The highest BCUT2D eigenvalue weighted by atomic mass is 35.5. The predicted octanol–water partition coefficient (Wildman–Crippen LogP) is 4.81. The normalized spacial score (nSPS) is 11.4. The Bertz CT molecular complexity index is 847. The van der Waals surface area contributed by atoms with Crippen LogP contribution in [0.2, 0.25) is 5.02 Å². The fraction of sp³-hybridized carbons (Fsp3) is 0.158. The molecule has 6 heteroatoms. The van der Waals surface area contributed by atoms with Gasteiger partial charge in [-0.25, -0.2) is 4.98 Å². The molecule has 2 aromatic carbocycles. The topological polar surface area (TPSA) is 63.1 Å². The first-order chi connectivity index (χ1) is 12.3. The van der Waals surface area contributed by atoms with E-state index >= 15 is 0 Å². The summed E-state index contributed by atoms with van der Waals surface area (Å²) in [6, 6.07) is 17.2. The molecule has 0 aliphatic carbocycles. The molecule has 0 unspecified atom stereocenters. The molecule has 25 heavy (non-hydrogen) atoms. The van der Waals surface area contributed by atoms with E-state index in [-0.39, 0.29) is 0 Å². The van der Waals surface area contributed by atoms with Crippen molar-refractivity contribution in [2.24, 2.45) is 5.10 Å². The molecule has 0 saturated carbocycles. The van der Waals surface area contributed by atoms with E-state index in [1.807, 2.05) is 54.6 Å². The van der Waals surface area contributed by atoms with Crippen molar-refractivity contribution >= 4 is 23.0 Å². The quantitative estimate of drug-likeness (QED) is 0.511. The molecular weight excluding hydrogens is 334 g/mol. The molecule has 126 valence electrons. The highest BCUT2D eigenvalue weighted by Gasteiger charge is 2.09. The molecule has 0 aliphatic rings. The third-order valence-electron chi connectivity index (χ3n) is 3.54. The summed E-state index contributed by atoms with van der Waals surface area (Å²) < 4.78 is 0. The Labute approximate surface area is 151 Å². The molecule has 0 saturated heterocycles. The number of halogens is 1. The first-order valence-electron chi connectivity index (χ1n) is 8.10. The fourth-order valence-corrected chi connectivity index (χ4v) is 2.41. The first kappa shape index (κ1) is 17.0. The molecule has 1 N–H and O–H groups in total. The standard InChI is InChI=1S/C19H18ClN5/c1-2-6-17(24-23-16-11-9-15(20)10-12-16)18-13-21-25-19(22-18)14-7-4-3-5-8-14/h3-5,7-13,23H,2,6H2,1H3/b24-17+. The molecule has 1 heterocycles. The zero-order valence-electron chi connectivity index (χ0n) is 13.9. The molecule has 0 spiro atoms. The molecule has 0 bridgehead atoms. The van der Waals surface area contributed by atoms with Gasteiger partial charge in [0.2, 0.25) is 0 Å². The lowest BCUT2D eigenvalue weighted by Crippen LogP contribution is -2.09. The Hall–Kier alpha value is -2.79. The van der Waals surface area contributed by atoms with Gasteiger partial charge < -0.3 is 0 Å². The van der Waals surface area contributed by atoms with Crippen LogP contribution in [-0.2, 0) is 0 Å². The number of nitrogens with zero attached hydrogens (tertiary/aromatic N) is 4. The van der Waals surface area contributed by atoms with E-state index in [1.54, 1.807) is 6.20 Å². The molecule has 0 radical (unpaired) electrons. The Morgan fingerprint density at radius 2 is 1.84 bits per heavy atom. The molecule has 3 rings (SSSR count). The molecule has 0 atom stereocenters. The molecule has 5 nitrogen and oxygen atoms in total. The van der Waals surface area contributed by atoms with Gasteiger partial charge in [-0.05, 0) is 30.7 Å². The van der Waals surface area contributed by atoms with E-state index in [4.69, 9.17) is 11.6 Å². The fourth-order valence-electron chi connectivity index (χ4n) is 2.29. The van der Waals surface area contributed by atoms with Gasteiger partial charge in [0.1, 0.15) is 5.69 Å². The van der Waals surface area contributed by atoms with Crippen LogP contribution >= 0.6 is 11.6 Å². The molecule has 1 aromatic heterocycles. The van der Waals surface area contributed by atoms with E-state index in [0.29, 0.717) is 10.8 Å². The zero-order valence-corrected chi connectivity index (χ0v) is 14.6. The number of hydrogen-bond acceptors (Lipinski definition) is 5. The smallest absolute Gasteiger partial charge is 0.182 e. The van der Waals surface area contributed by atoms with Crippen molar-refractivity contribution < 1.29 is 0 Å². The van der Waals surface area contributed by atoms with Gasteiger partial charge in [-0.1, -0.05) is 55.3 Å². The largest absolute Gasteiger partial charge is 0.278 e. The van der Waals surface area contributed by atoms with Crippen LogP contribution in [0.4, 0.5) is 5.69 Å². The maximum atomic E-state index is 5.91. The Kier molecular flexibility index (Phi) is 5.69. The second kappa shape index (κ2) is 8.35. The van der Waals surface area contributed by atoms with Crippen LogP contribution in [0.3, 0.4) is 0 Å². The summed E-state index contributed by atoms with van der Waals surface area (Å²) in [6.45, 7) is 2.10. The minimum Gasteiger partial charge on any atom is -0.278 e. The molecule has 3 aromatic rings. The second-order valence-electron chi connectivity index (χ2n) is 5.46. The van der Waals surface area contributed by atoms with E-state index in [0.717, 1.165) is 35.5 Å². The van der Waals surface area contributed by atoms with Gasteiger partial charge >= 0.3 is 0 Å². The maximum absolute atomic E-state index is 5.91. The Morgan fingerprint density at radius 3 is 2.56 bits per heavy atom. The number of anilines is 1. The van der Waals surface area contributed by atoms with E-state index in [1.165, 1.54) is 0 Å². The second-order valence-corrected chi connectivity index (χ2v) is 5.89. The minimum atomic E-state index is 0.591. The van der Waals surface area contributed by atoms with Gasteiger partial charge in [0.05, 0.1) is 17.6 Å². The van der Waals surface area contributed by atoms with Gasteiger partial charge in [0.25, 0.3) is 0 Å². The lowest BCUT2D eigenvalue weighted by molar-refractivity contribution is 0.944. The van der Waals surface area contributed by atoms with Gasteiger partial charge in [-0.15, -0.1) is 5.10 Å². The van der Waals surface area contributed by atoms with Crippen LogP contribution in [0, 0.1) is 0 Å². The summed E-state index contributed by atoms with van der Waals surface area (Å²) >= 11 is 5.91. The highest BCUT2D eigenvalue weighted by Crippen LogP contribution is 2.16. The third-order valence-corrected chi connectivity index (χ3v) is 3.79. The number of aromatic nitrogens is 3. The van der Waals surface area contributed by atoms with Crippen LogP contribution in [0.25, 0.3) is 11.4 Å². The summed E-state index contributed by atoms with van der Waals surface area (Å²) in [7, 11) is 0. The van der Waals surface area contributed by atoms with Crippen molar-refractivity contribution in [1.82, 2.24) is 15.2 Å².